The van der Waals surface area contributed by atoms with E-state index in [4.69, 9.17) is 0 Å². The van der Waals surface area contributed by atoms with Crippen LogP contribution in [0.1, 0.15) is 19.8 Å². The normalized spacial score (nSPS) is 22.4. The molecule has 7 nitrogen and oxygen atoms in total. The minimum Gasteiger partial charge on any atom is -0.368 e. The molecule has 3 fully saturated rings. The molecule has 2 saturated heterocycles. The summed E-state index contributed by atoms with van der Waals surface area (Å²) in [6.07, 6.45) is 2.25. The molecule has 1 aromatic rings. The summed E-state index contributed by atoms with van der Waals surface area (Å²) in [5.74, 6) is 0.374. The maximum absolute atomic E-state index is 13.0. The van der Waals surface area contributed by atoms with Gasteiger partial charge in [0.2, 0.25) is 11.8 Å². The van der Waals surface area contributed by atoms with Gasteiger partial charge in [-0.05, 0) is 31.9 Å². The van der Waals surface area contributed by atoms with Crippen LogP contribution in [-0.4, -0.2) is 97.5 Å². The Kier molecular flexibility index (Phi) is 6.35. The Balaban J connectivity index is 1.20. The van der Waals surface area contributed by atoms with Gasteiger partial charge in [0.25, 0.3) is 0 Å². The number of anilines is 1. The van der Waals surface area contributed by atoms with Crippen molar-refractivity contribution in [3.05, 3.63) is 30.3 Å². The van der Waals surface area contributed by atoms with Crippen LogP contribution in [0, 0.1) is 0 Å². The Bertz CT molecular complexity index is 692. The second-order valence-electron chi connectivity index (χ2n) is 8.48. The first-order chi connectivity index (χ1) is 14.1. The second-order valence-corrected chi connectivity index (χ2v) is 8.48. The van der Waals surface area contributed by atoms with Gasteiger partial charge in [-0.3, -0.25) is 19.4 Å². The second kappa shape index (κ2) is 9.13. The van der Waals surface area contributed by atoms with Gasteiger partial charge in [0.1, 0.15) is 0 Å². The fourth-order valence-corrected chi connectivity index (χ4v) is 4.26. The molecule has 29 heavy (non-hydrogen) atoms. The highest BCUT2D eigenvalue weighted by atomic mass is 16.2. The lowest BCUT2D eigenvalue weighted by atomic mass is 10.1. The summed E-state index contributed by atoms with van der Waals surface area (Å²) < 4.78 is 0. The maximum atomic E-state index is 13.0. The summed E-state index contributed by atoms with van der Waals surface area (Å²) in [5, 5.41) is 3.05. The number of nitrogens with zero attached hydrogens (tertiary/aromatic N) is 4. The summed E-state index contributed by atoms with van der Waals surface area (Å²) in [5.41, 5.74) is 1.23. The number of amides is 2. The van der Waals surface area contributed by atoms with Crippen LogP contribution in [0.25, 0.3) is 0 Å². The van der Waals surface area contributed by atoms with Crippen molar-refractivity contribution in [1.29, 1.82) is 0 Å². The first-order valence-corrected chi connectivity index (χ1v) is 10.9. The van der Waals surface area contributed by atoms with Crippen LogP contribution < -0.4 is 10.2 Å². The van der Waals surface area contributed by atoms with Gasteiger partial charge < -0.3 is 15.1 Å². The highest BCUT2D eigenvalue weighted by Gasteiger charge is 2.31. The number of benzene rings is 1. The van der Waals surface area contributed by atoms with E-state index < -0.39 is 0 Å². The molecule has 0 spiro atoms. The average Bonchev–Trinajstić information content (AvgIpc) is 3.58. The molecule has 7 heteroatoms. The van der Waals surface area contributed by atoms with Crippen molar-refractivity contribution in [1.82, 2.24) is 20.0 Å². The van der Waals surface area contributed by atoms with Gasteiger partial charge in [0.05, 0.1) is 12.6 Å². The summed E-state index contributed by atoms with van der Waals surface area (Å²) >= 11 is 0. The van der Waals surface area contributed by atoms with E-state index in [-0.39, 0.29) is 17.9 Å². The minimum atomic E-state index is -0.0966. The molecule has 2 amide bonds. The topological polar surface area (TPSA) is 59.1 Å². The molecule has 0 unspecified atom stereocenters. The predicted molar refractivity (Wildman–Crippen MR) is 114 cm³/mol. The van der Waals surface area contributed by atoms with Crippen molar-refractivity contribution in [3.63, 3.8) is 0 Å². The van der Waals surface area contributed by atoms with Crippen molar-refractivity contribution in [3.8, 4) is 0 Å². The fraction of sp³-hybridized carbons (Fsp3) is 0.636. The largest absolute Gasteiger partial charge is 0.368 e. The molecule has 1 aliphatic carbocycles. The Morgan fingerprint density at radius 1 is 0.966 bits per heavy atom. The number of hydrogen-bond donors (Lipinski definition) is 1. The molecule has 1 N–H and O–H groups in total. The monoisotopic (exact) mass is 399 g/mol. The van der Waals surface area contributed by atoms with Crippen molar-refractivity contribution in [2.75, 3.05) is 63.8 Å². The number of nitrogens with one attached hydrogen (secondary N) is 1. The molecule has 1 aromatic carbocycles. The van der Waals surface area contributed by atoms with Gasteiger partial charge in [-0.2, -0.15) is 0 Å². The van der Waals surface area contributed by atoms with E-state index in [1.54, 1.807) is 0 Å². The molecule has 4 rings (SSSR count). The summed E-state index contributed by atoms with van der Waals surface area (Å²) in [6, 6.07) is 10.7. The van der Waals surface area contributed by atoms with Gasteiger partial charge >= 0.3 is 0 Å². The third kappa shape index (κ3) is 5.28. The lowest BCUT2D eigenvalue weighted by Crippen LogP contribution is -2.58. The molecular formula is C22H33N5O2. The minimum absolute atomic E-state index is 0.0966. The summed E-state index contributed by atoms with van der Waals surface area (Å²) in [6.45, 7) is 9.20. The third-order valence-electron chi connectivity index (χ3n) is 6.33. The van der Waals surface area contributed by atoms with Crippen LogP contribution >= 0.6 is 0 Å². The molecule has 1 atom stereocenters. The third-order valence-corrected chi connectivity index (χ3v) is 6.33. The molecule has 0 bridgehead atoms. The maximum Gasteiger partial charge on any atom is 0.239 e. The standard InChI is InChI=1S/C22H33N5O2/c1-18(25-11-9-24(10-12-25)17-21(28)23-19-7-8-19)22(29)27-15-13-26(14-16-27)20-5-3-2-4-6-20/h2-6,18-19H,7-17H2,1H3,(H,23,28)/t18-/m0/s1. The van der Waals surface area contributed by atoms with Gasteiger partial charge in [-0.1, -0.05) is 18.2 Å². The molecular weight excluding hydrogens is 366 g/mol. The Labute approximate surface area is 173 Å². The first kappa shape index (κ1) is 20.2. The van der Waals surface area contributed by atoms with Gasteiger partial charge in [-0.25, -0.2) is 0 Å². The van der Waals surface area contributed by atoms with Gasteiger partial charge in [0.15, 0.2) is 0 Å². The molecule has 3 aliphatic rings. The predicted octanol–water partition coefficient (Wildman–Crippen LogP) is 0.620. The van der Waals surface area contributed by atoms with Crippen molar-refractivity contribution >= 4 is 17.5 Å². The van der Waals surface area contributed by atoms with Crippen LogP contribution in [0.5, 0.6) is 0 Å². The van der Waals surface area contributed by atoms with Crippen LogP contribution in [-0.2, 0) is 9.59 Å². The van der Waals surface area contributed by atoms with Crippen LogP contribution in [0.4, 0.5) is 5.69 Å². The lowest BCUT2D eigenvalue weighted by Gasteiger charge is -2.41. The van der Waals surface area contributed by atoms with Crippen molar-refractivity contribution < 1.29 is 9.59 Å². The SMILES string of the molecule is C[C@@H](C(=O)N1CCN(c2ccccc2)CC1)N1CCN(CC(=O)NC2CC2)CC1. The Morgan fingerprint density at radius 2 is 1.62 bits per heavy atom. The van der Waals surface area contributed by atoms with E-state index in [0.29, 0.717) is 12.6 Å². The fourth-order valence-electron chi connectivity index (χ4n) is 4.26. The summed E-state index contributed by atoms with van der Waals surface area (Å²) in [7, 11) is 0. The van der Waals surface area contributed by atoms with E-state index in [2.05, 4.69) is 44.3 Å². The lowest BCUT2D eigenvalue weighted by molar-refractivity contribution is -0.137. The Hall–Kier alpha value is -2.12. The van der Waals surface area contributed by atoms with Gasteiger partial charge in [-0.15, -0.1) is 0 Å². The van der Waals surface area contributed by atoms with E-state index in [0.717, 1.165) is 65.2 Å². The van der Waals surface area contributed by atoms with Gasteiger partial charge in [0, 0.05) is 64.1 Å². The average molecular weight is 400 g/mol. The van der Waals surface area contributed by atoms with Crippen molar-refractivity contribution in [2.24, 2.45) is 0 Å². The first-order valence-electron chi connectivity index (χ1n) is 10.9. The van der Waals surface area contributed by atoms with E-state index in [9.17, 15) is 9.59 Å². The molecule has 1 saturated carbocycles. The number of carbonyl (C=O) groups excluding carboxylic acids is 2. The number of hydrogen-bond acceptors (Lipinski definition) is 5. The molecule has 2 heterocycles. The van der Waals surface area contributed by atoms with Crippen LogP contribution in [0.3, 0.4) is 0 Å². The molecule has 158 valence electrons. The zero-order chi connectivity index (χ0) is 20.2. The number of carbonyl (C=O) groups is 2. The number of para-hydroxylation sites is 1. The van der Waals surface area contributed by atoms with E-state index in [1.807, 2.05) is 17.9 Å². The van der Waals surface area contributed by atoms with Crippen LogP contribution in [0.15, 0.2) is 30.3 Å². The van der Waals surface area contributed by atoms with E-state index in [1.165, 1.54) is 5.69 Å². The van der Waals surface area contributed by atoms with Crippen molar-refractivity contribution in [2.45, 2.75) is 31.8 Å². The zero-order valence-electron chi connectivity index (χ0n) is 17.4. The van der Waals surface area contributed by atoms with Crippen LogP contribution in [0.2, 0.25) is 0 Å². The zero-order valence-corrected chi connectivity index (χ0v) is 17.4. The smallest absolute Gasteiger partial charge is 0.239 e. The molecule has 0 radical (unpaired) electrons. The van der Waals surface area contributed by atoms with E-state index >= 15 is 0 Å². The highest BCUT2D eigenvalue weighted by Crippen LogP contribution is 2.19. The summed E-state index contributed by atoms with van der Waals surface area (Å²) in [4.78, 5) is 33.8. The molecule has 0 aromatic heterocycles. The molecule has 2 aliphatic heterocycles. The number of rotatable bonds is 6. The quantitative estimate of drug-likeness (QED) is 0.760. The highest BCUT2D eigenvalue weighted by molar-refractivity contribution is 5.82. The number of piperazine rings is 2. The Morgan fingerprint density at radius 3 is 2.24 bits per heavy atom.